The largest absolute Gasteiger partial charge is 0.497 e. The Morgan fingerprint density at radius 3 is 0.976 bits per heavy atom. The Hall–Kier alpha value is -9.67. The predicted molar refractivity (Wildman–Crippen MR) is 522 cm³/mol. The summed E-state index contributed by atoms with van der Waals surface area (Å²) in [6.45, 7) is 70.3. The molecule has 0 spiro atoms. The standard InChI is InChI=1S/C11H13FO2.C11H16.2C10H13Cl.C10H10FN.C10H13FO.5C10H13F/c1-7(2)8-3-4-9-11(10(8)12)14-6-5-13-9;1-8(2)11-9(3)6-5-7-10(11)4;1-7(2)9-6-8(3)4-5-10(9)11;1-7(2)9-6-4-5-8(3)10(9)11;1-7(2)9-6-8(12-3)4-5-10(9)11;1-7(2)9-5-4-8(12-3)6-10(9)11;2*1-7(2)9-6-8(3)4-5-10(9)11;1-7(2)9-5-4-8(3)6-10(9)11;2*1-7(2)9-6-4-5-8(3)10(9)11/h3-4,7H,5-6H2,1-2H3;5-8H,1-4H3;2*4-7H,1-3H3;4-7H,1-2H3;4-7H,1-3H3;5*4-7H,1-3H3. The van der Waals surface area contributed by atoms with E-state index in [4.69, 9.17) is 44.0 Å². The average molecular weight is 1770 g/mol. The van der Waals surface area contributed by atoms with E-state index >= 15 is 0 Å². The van der Waals surface area contributed by atoms with Gasteiger partial charge in [-0.15, -0.1) is 0 Å². The van der Waals surface area contributed by atoms with Crippen LogP contribution in [0, 0.1) is 115 Å². The summed E-state index contributed by atoms with van der Waals surface area (Å²) in [7, 11) is 1.53. The van der Waals surface area contributed by atoms with Gasteiger partial charge in [-0.2, -0.15) is 0 Å². The number of ether oxygens (including phenoxy) is 3. The van der Waals surface area contributed by atoms with Gasteiger partial charge in [-0.25, -0.2) is 40.0 Å². The molecule has 0 unspecified atom stereocenters. The van der Waals surface area contributed by atoms with E-state index in [1.165, 1.54) is 70.8 Å². The fraction of sp³-hybridized carbons (Fsp3) is 0.402. The summed E-state index contributed by atoms with van der Waals surface area (Å²) in [4.78, 5) is 3.24. The second-order valence-corrected chi connectivity index (χ2v) is 36.0. The van der Waals surface area contributed by atoms with Crippen molar-refractivity contribution in [1.29, 1.82) is 0 Å². The van der Waals surface area contributed by atoms with Crippen LogP contribution < -0.4 is 14.2 Å². The van der Waals surface area contributed by atoms with E-state index < -0.39 is 0 Å². The molecule has 0 fully saturated rings. The highest BCUT2D eigenvalue weighted by atomic mass is 35.5. The summed E-state index contributed by atoms with van der Waals surface area (Å²) in [6.07, 6.45) is 0. The number of hydrogen-bond acceptors (Lipinski definition) is 3. The summed E-state index contributed by atoms with van der Waals surface area (Å²) in [5, 5.41) is 1.80. The first-order valence-corrected chi connectivity index (χ1v) is 44.6. The molecule has 0 saturated heterocycles. The number of rotatable bonds is 12. The Morgan fingerprint density at radius 2 is 0.619 bits per heavy atom. The lowest BCUT2D eigenvalue weighted by Crippen LogP contribution is -2.17. The number of methoxy groups -OCH3 is 1. The van der Waals surface area contributed by atoms with Crippen LogP contribution >= 0.6 is 23.2 Å². The van der Waals surface area contributed by atoms with Crippen molar-refractivity contribution in [2.45, 2.75) is 280 Å². The zero-order valence-corrected chi connectivity index (χ0v) is 82.7. The van der Waals surface area contributed by atoms with Crippen LogP contribution in [0.15, 0.2) is 194 Å². The minimum atomic E-state index is -0.280. The number of benzene rings is 11. The molecule has 0 aromatic heterocycles. The fourth-order valence-electron chi connectivity index (χ4n) is 13.2. The number of hydrogen-bond donors (Lipinski definition) is 0. The molecular formula is C112H143Cl2F8NO3. The highest BCUT2D eigenvalue weighted by Gasteiger charge is 2.21. The van der Waals surface area contributed by atoms with Gasteiger partial charge in [-0.1, -0.05) is 338 Å². The maximum Gasteiger partial charge on any atom is 0.197 e. The summed E-state index contributed by atoms with van der Waals surface area (Å²) in [5.74, 6) is 3.83. The van der Waals surface area contributed by atoms with Crippen LogP contribution in [0.3, 0.4) is 0 Å². The lowest BCUT2D eigenvalue weighted by molar-refractivity contribution is 0.164. The van der Waals surface area contributed by atoms with Gasteiger partial charge in [0, 0.05) is 16.1 Å². The van der Waals surface area contributed by atoms with Crippen LogP contribution in [-0.2, 0) is 0 Å². The van der Waals surface area contributed by atoms with Crippen molar-refractivity contribution in [1.82, 2.24) is 0 Å². The minimum Gasteiger partial charge on any atom is -0.497 e. The summed E-state index contributed by atoms with van der Waals surface area (Å²) >= 11 is 12.1. The highest BCUT2D eigenvalue weighted by Crippen LogP contribution is 2.38. The van der Waals surface area contributed by atoms with E-state index in [1.807, 2.05) is 205 Å². The van der Waals surface area contributed by atoms with E-state index in [-0.39, 0.29) is 99.6 Å². The van der Waals surface area contributed by atoms with Crippen molar-refractivity contribution in [2.24, 2.45) is 0 Å². The summed E-state index contributed by atoms with van der Waals surface area (Å²) < 4.78 is 121. The molecule has 0 bridgehead atoms. The van der Waals surface area contributed by atoms with Crippen molar-refractivity contribution in [3.8, 4) is 17.2 Å². The van der Waals surface area contributed by atoms with Crippen molar-refractivity contribution < 1.29 is 49.3 Å². The molecule has 4 nitrogen and oxygen atoms in total. The first-order chi connectivity index (χ1) is 58.9. The average Bonchev–Trinajstić information content (AvgIpc) is 0.805. The van der Waals surface area contributed by atoms with Crippen LogP contribution in [0.5, 0.6) is 17.2 Å². The smallest absolute Gasteiger partial charge is 0.197 e. The molecule has 0 aliphatic carbocycles. The van der Waals surface area contributed by atoms with Gasteiger partial charge in [0.25, 0.3) is 0 Å². The number of aryl methyl sites for hydroxylation is 9. The molecule has 0 N–H and O–H groups in total. The Labute approximate surface area is 764 Å². The molecule has 0 amide bonds. The van der Waals surface area contributed by atoms with Gasteiger partial charge >= 0.3 is 0 Å². The Bertz CT molecular complexity index is 4870. The zero-order valence-electron chi connectivity index (χ0n) is 81.2. The number of fused-ring (bicyclic) bond motifs is 1. The third-order valence-electron chi connectivity index (χ3n) is 20.6. The molecule has 0 saturated carbocycles. The third kappa shape index (κ3) is 38.1. The normalized spacial score (nSPS) is 11.0. The Balaban J connectivity index is 0.000000470. The molecule has 126 heavy (non-hydrogen) atoms. The second-order valence-electron chi connectivity index (χ2n) is 35.2. The molecule has 1 heterocycles. The van der Waals surface area contributed by atoms with Gasteiger partial charge in [-0.05, 0) is 264 Å². The summed E-state index contributed by atoms with van der Waals surface area (Å²) in [5.41, 5.74) is 20.5. The molecule has 14 heteroatoms. The Morgan fingerprint density at radius 1 is 0.294 bits per heavy atom. The topological polar surface area (TPSA) is 32.1 Å². The molecule has 12 rings (SSSR count). The maximum absolute atomic E-state index is 13.8. The van der Waals surface area contributed by atoms with Crippen LogP contribution in [0.4, 0.5) is 40.8 Å². The molecule has 1 aliphatic heterocycles. The van der Waals surface area contributed by atoms with Gasteiger partial charge in [0.1, 0.15) is 59.7 Å². The predicted octanol–water partition coefficient (Wildman–Crippen LogP) is 36.4. The van der Waals surface area contributed by atoms with Crippen LogP contribution in [0.25, 0.3) is 4.85 Å². The van der Waals surface area contributed by atoms with Crippen LogP contribution in [-0.4, -0.2) is 20.3 Å². The highest BCUT2D eigenvalue weighted by molar-refractivity contribution is 6.32. The van der Waals surface area contributed by atoms with Gasteiger partial charge < -0.3 is 14.2 Å². The van der Waals surface area contributed by atoms with E-state index in [1.54, 1.807) is 74.5 Å². The van der Waals surface area contributed by atoms with Crippen molar-refractivity contribution in [3.05, 3.63) is 373 Å². The van der Waals surface area contributed by atoms with E-state index in [0.717, 1.165) is 76.8 Å². The SMILES string of the molecule is CC(C)c1ccc2c(c1F)OCCO2.COc1ccc(C(C)C)c(F)c1.Cc1ccc(C(C)C)c(F)c1.Cc1ccc(Cl)c(C(C)C)c1.Cc1ccc(F)c(C(C)C)c1.Cc1ccc(F)c(C(C)C)c1.Cc1cccc(C(C)C)c1Cl.Cc1cccc(C(C)C)c1F.Cc1cccc(C(C)C)c1F.Cc1cccc(C)c1C(C)C.[C-]#[N+]c1ccc(F)c(C(C)C)c1. The molecule has 11 aromatic rings. The van der Waals surface area contributed by atoms with Gasteiger partial charge in [0.2, 0.25) is 0 Å². The van der Waals surface area contributed by atoms with Crippen LogP contribution in [0.1, 0.15) is 329 Å². The summed E-state index contributed by atoms with van der Waals surface area (Å²) in [6, 6.07) is 58.6. The monoisotopic (exact) mass is 1770 g/mol. The lowest BCUT2D eigenvalue weighted by Gasteiger charge is -2.20. The van der Waals surface area contributed by atoms with Crippen molar-refractivity contribution in [3.63, 3.8) is 0 Å². The Kier molecular flexibility index (Phi) is 50.4. The number of nitrogens with zero attached hydrogens (tertiary/aromatic N) is 1. The molecule has 684 valence electrons. The first kappa shape index (κ1) is 112. The second kappa shape index (κ2) is 56.5. The van der Waals surface area contributed by atoms with Gasteiger partial charge in [0.05, 0.1) is 13.7 Å². The lowest BCUT2D eigenvalue weighted by atomic mass is 9.94. The van der Waals surface area contributed by atoms with Crippen molar-refractivity contribution in [2.75, 3.05) is 20.3 Å². The zero-order chi connectivity index (χ0) is 95.9. The quantitative estimate of drug-likeness (QED) is 0.0903. The molecule has 0 atom stereocenters. The fourth-order valence-corrected chi connectivity index (χ4v) is 13.9. The minimum absolute atomic E-state index is 0.0532. The van der Waals surface area contributed by atoms with E-state index in [0.29, 0.717) is 59.3 Å². The van der Waals surface area contributed by atoms with Crippen LogP contribution in [0.2, 0.25) is 10.0 Å². The van der Waals surface area contributed by atoms with Gasteiger partial charge in [-0.3, -0.25) is 0 Å². The molecule has 1 aliphatic rings. The van der Waals surface area contributed by atoms with E-state index in [9.17, 15) is 35.1 Å². The first-order valence-electron chi connectivity index (χ1n) is 43.9. The number of halogens is 10. The molecule has 11 aromatic carbocycles. The molecular weight excluding hydrogens is 1630 g/mol. The molecule has 0 radical (unpaired) electrons. The maximum atomic E-state index is 13.8. The third-order valence-corrected chi connectivity index (χ3v) is 21.5. The van der Waals surface area contributed by atoms with Crippen molar-refractivity contribution >= 4 is 28.9 Å². The van der Waals surface area contributed by atoms with Gasteiger partial charge in [0.15, 0.2) is 23.0 Å². The van der Waals surface area contributed by atoms with E-state index in [2.05, 4.69) is 104 Å².